The molecule has 24 heavy (non-hydrogen) atoms. The Balaban J connectivity index is 1.48. The van der Waals surface area contributed by atoms with Crippen LogP contribution in [-0.2, 0) is 21.0 Å². The van der Waals surface area contributed by atoms with E-state index in [-0.39, 0.29) is 6.04 Å². The van der Waals surface area contributed by atoms with Gasteiger partial charge in [-0.15, -0.1) is 4.31 Å². The molecule has 0 saturated carbocycles. The molecule has 1 fully saturated rings. The second-order valence-corrected chi connectivity index (χ2v) is 8.16. The van der Waals surface area contributed by atoms with Crippen molar-refractivity contribution in [2.24, 2.45) is 0 Å². The van der Waals surface area contributed by atoms with Gasteiger partial charge in [0.05, 0.1) is 26.2 Å². The number of sulfonamides is 1. The molecule has 5 nitrogen and oxygen atoms in total. The van der Waals surface area contributed by atoms with Crippen molar-refractivity contribution in [1.82, 2.24) is 4.31 Å². The molecule has 4 rings (SSSR count). The highest BCUT2D eigenvalue weighted by Crippen LogP contribution is 2.35. The van der Waals surface area contributed by atoms with Crippen LogP contribution >= 0.6 is 0 Å². The van der Waals surface area contributed by atoms with Crippen LogP contribution in [0.2, 0.25) is 0 Å². The molecule has 2 aliphatic rings. The van der Waals surface area contributed by atoms with E-state index in [1.165, 1.54) is 18.4 Å². The van der Waals surface area contributed by atoms with E-state index in [4.69, 9.17) is 4.74 Å². The minimum atomic E-state index is -3.45. The highest BCUT2D eigenvalue weighted by Gasteiger charge is 2.44. The third-order valence-electron chi connectivity index (χ3n) is 4.87. The lowest BCUT2D eigenvalue weighted by atomic mass is 10.1. The number of anilines is 1. The number of hydrogen-bond donors (Lipinski definition) is 0. The molecule has 0 bridgehead atoms. The summed E-state index contributed by atoms with van der Waals surface area (Å²) < 4.78 is 32.2. The monoisotopic (exact) mass is 344 g/mol. The molecule has 2 aliphatic heterocycles. The minimum Gasteiger partial charge on any atom is -0.593 e. The smallest absolute Gasteiger partial charge is 0.179 e. The van der Waals surface area contributed by atoms with E-state index in [0.717, 1.165) is 13.0 Å². The van der Waals surface area contributed by atoms with Crippen molar-refractivity contribution in [2.45, 2.75) is 17.4 Å². The maximum absolute atomic E-state index is 12.7. The fourth-order valence-electron chi connectivity index (χ4n) is 3.46. The van der Waals surface area contributed by atoms with Gasteiger partial charge in [-0.2, -0.15) is 0 Å². The summed E-state index contributed by atoms with van der Waals surface area (Å²) in [5.41, 5.74) is 2.60. The quantitative estimate of drug-likeness (QED) is 0.799. The van der Waals surface area contributed by atoms with Crippen LogP contribution in [0.15, 0.2) is 53.4 Å². The molecule has 0 aromatic heterocycles. The molecular formula is C18H20N2O3S. The second kappa shape index (κ2) is 5.88. The summed E-state index contributed by atoms with van der Waals surface area (Å²) in [4.78, 5) is 2.63. The van der Waals surface area contributed by atoms with Gasteiger partial charge in [-0.3, -0.25) is 0 Å². The molecule has 2 heterocycles. The van der Waals surface area contributed by atoms with Crippen molar-refractivity contribution in [3.05, 3.63) is 54.1 Å². The van der Waals surface area contributed by atoms with Gasteiger partial charge in [0, 0.05) is 18.3 Å². The van der Waals surface area contributed by atoms with Crippen molar-refractivity contribution in [2.75, 3.05) is 31.6 Å². The number of para-hydroxylation sites is 1. The predicted octanol–water partition coefficient (Wildman–Crippen LogP) is 2.35. The summed E-state index contributed by atoms with van der Waals surface area (Å²) >= 11 is 0. The molecule has 1 saturated heterocycles. The summed E-state index contributed by atoms with van der Waals surface area (Å²) in [6.07, 6.45) is 1.04. The van der Waals surface area contributed by atoms with E-state index in [0.29, 0.717) is 23.7 Å². The Bertz CT molecular complexity index is 804. The van der Waals surface area contributed by atoms with Crippen LogP contribution in [-0.4, -0.2) is 41.6 Å². The molecule has 0 N–H and O–H groups in total. The standard InChI is InChI=1S/C18H20N2O3S/c1-23-16-6-4-7-17(11-16)24(21,22)19-12-15(13-19)20-10-9-14-5-2-3-8-18(14)20/h2-8,11,15H,9-10,12-13H2,1H3. The lowest BCUT2D eigenvalue weighted by Crippen LogP contribution is -2.62. The third kappa shape index (κ3) is 2.51. The topological polar surface area (TPSA) is 55.8 Å². The Morgan fingerprint density at radius 2 is 1.96 bits per heavy atom. The van der Waals surface area contributed by atoms with Gasteiger partial charge in [0.2, 0.25) is 0 Å². The van der Waals surface area contributed by atoms with Crippen molar-refractivity contribution in [3.8, 4) is 5.75 Å². The predicted molar refractivity (Wildman–Crippen MR) is 92.9 cm³/mol. The number of nitrogens with zero attached hydrogens (tertiary/aromatic N) is 2. The minimum absolute atomic E-state index is 0.258. The molecule has 1 unspecified atom stereocenters. The Morgan fingerprint density at radius 1 is 1.17 bits per heavy atom. The first kappa shape index (κ1) is 15.6. The molecule has 0 spiro atoms. The highest BCUT2D eigenvalue weighted by atomic mass is 32.3. The Morgan fingerprint density at radius 3 is 2.75 bits per heavy atom. The Kier molecular flexibility index (Phi) is 3.83. The first-order chi connectivity index (χ1) is 11.6. The van der Waals surface area contributed by atoms with Crippen molar-refractivity contribution >= 4 is 16.1 Å². The van der Waals surface area contributed by atoms with Gasteiger partial charge in [-0.05, 0) is 30.2 Å². The van der Waals surface area contributed by atoms with Crippen molar-refractivity contribution in [3.63, 3.8) is 0 Å². The van der Waals surface area contributed by atoms with Gasteiger partial charge in [0.15, 0.2) is 15.3 Å². The molecule has 2 aromatic carbocycles. The van der Waals surface area contributed by atoms with Gasteiger partial charge < -0.3 is 14.2 Å². The maximum atomic E-state index is 12.7. The SMILES string of the molecule is COc1cccc([S+](=O)([O-])N2CC(N3CCc4ccccc43)C2)c1. The molecular weight excluding hydrogens is 324 g/mol. The fourth-order valence-corrected chi connectivity index (χ4v) is 5.01. The van der Waals surface area contributed by atoms with Gasteiger partial charge in [0.25, 0.3) is 0 Å². The van der Waals surface area contributed by atoms with E-state index in [1.807, 2.05) is 6.07 Å². The lowest BCUT2D eigenvalue weighted by Gasteiger charge is -2.44. The Hall–Kier alpha value is -1.89. The van der Waals surface area contributed by atoms with Crippen LogP contribution < -0.4 is 9.64 Å². The van der Waals surface area contributed by atoms with Crippen molar-refractivity contribution in [1.29, 1.82) is 0 Å². The van der Waals surface area contributed by atoms with Crippen molar-refractivity contribution < 1.29 is 13.5 Å². The number of hydrogen-bond acceptors (Lipinski definition) is 4. The number of methoxy groups -OCH3 is 1. The van der Waals surface area contributed by atoms with E-state index in [9.17, 15) is 8.76 Å². The third-order valence-corrected chi connectivity index (χ3v) is 6.70. The van der Waals surface area contributed by atoms with Gasteiger partial charge in [0.1, 0.15) is 5.75 Å². The number of benzene rings is 2. The zero-order valence-electron chi connectivity index (χ0n) is 13.6. The fraction of sp³-hybridized carbons (Fsp3) is 0.333. The van der Waals surface area contributed by atoms with Crippen LogP contribution in [0.25, 0.3) is 0 Å². The van der Waals surface area contributed by atoms with E-state index < -0.39 is 10.4 Å². The van der Waals surface area contributed by atoms with Gasteiger partial charge >= 0.3 is 0 Å². The second-order valence-electron chi connectivity index (χ2n) is 6.23. The van der Waals surface area contributed by atoms with Gasteiger partial charge in [-0.25, -0.2) is 0 Å². The van der Waals surface area contributed by atoms with Crippen LogP contribution in [0.5, 0.6) is 5.75 Å². The number of fused-ring (bicyclic) bond motifs is 1. The first-order valence-electron chi connectivity index (χ1n) is 8.08. The molecule has 0 aliphatic carbocycles. The first-order valence-corrected chi connectivity index (χ1v) is 9.52. The zero-order valence-corrected chi connectivity index (χ0v) is 14.4. The Labute approximate surface area is 143 Å². The van der Waals surface area contributed by atoms with E-state index >= 15 is 0 Å². The molecule has 2 aromatic rings. The highest BCUT2D eigenvalue weighted by molar-refractivity contribution is 7.95. The molecule has 0 radical (unpaired) electrons. The number of ether oxygens (including phenoxy) is 1. The summed E-state index contributed by atoms with van der Waals surface area (Å²) in [5, 5.41) is 0. The summed E-state index contributed by atoms with van der Waals surface area (Å²) in [7, 11) is -1.91. The average Bonchev–Trinajstić information content (AvgIpc) is 2.97. The zero-order chi connectivity index (χ0) is 16.7. The lowest BCUT2D eigenvalue weighted by molar-refractivity contribution is 0.233. The largest absolute Gasteiger partial charge is 0.593 e. The molecule has 6 heteroatoms. The average molecular weight is 344 g/mol. The van der Waals surface area contributed by atoms with E-state index in [1.54, 1.807) is 28.6 Å². The van der Waals surface area contributed by atoms with Crippen LogP contribution in [0.1, 0.15) is 5.56 Å². The molecule has 0 amide bonds. The molecule has 126 valence electrons. The van der Waals surface area contributed by atoms with Crippen LogP contribution in [0.4, 0.5) is 5.69 Å². The summed E-state index contributed by atoms with van der Waals surface area (Å²) in [5.74, 6) is 0.557. The summed E-state index contributed by atoms with van der Waals surface area (Å²) in [6.45, 7) is 2.04. The van der Waals surface area contributed by atoms with Crippen LogP contribution in [0, 0.1) is 0 Å². The van der Waals surface area contributed by atoms with Crippen LogP contribution in [0.3, 0.4) is 0 Å². The van der Waals surface area contributed by atoms with E-state index in [2.05, 4.69) is 23.1 Å². The van der Waals surface area contributed by atoms with Gasteiger partial charge in [-0.1, -0.05) is 28.5 Å². The molecule has 1 atom stereocenters. The normalized spacial score (nSPS) is 20.3. The number of rotatable bonds is 4. The summed E-state index contributed by atoms with van der Waals surface area (Å²) in [6, 6.07) is 15.3. The maximum Gasteiger partial charge on any atom is 0.179 e.